The third-order valence-electron chi connectivity index (χ3n) is 4.53. The molecule has 0 bridgehead atoms. The second-order valence-electron chi connectivity index (χ2n) is 6.06. The highest BCUT2D eigenvalue weighted by atomic mass is 32.1. The highest BCUT2D eigenvalue weighted by Gasteiger charge is 2.45. The molecule has 3 heterocycles. The van der Waals surface area contributed by atoms with Gasteiger partial charge < -0.3 is 5.11 Å². The number of rotatable bonds is 5. The largest absolute Gasteiger partial charge is 0.503 e. The normalized spacial score (nSPS) is 17.0. The number of thiazole rings is 1. The topological polar surface area (TPSA) is 70.5 Å². The van der Waals surface area contributed by atoms with E-state index in [9.17, 15) is 14.7 Å². The molecule has 0 saturated heterocycles. The average Bonchev–Trinajstić information content (AvgIpc) is 3.44. The zero-order valence-electron chi connectivity index (χ0n) is 14.5. The highest BCUT2D eigenvalue weighted by Crippen LogP contribution is 2.42. The molecular weight excluding hydrogens is 380 g/mol. The number of anilines is 1. The highest BCUT2D eigenvalue weighted by molar-refractivity contribution is 7.14. The van der Waals surface area contributed by atoms with Gasteiger partial charge in [0.05, 0.1) is 16.5 Å². The molecule has 27 heavy (non-hydrogen) atoms. The molecular formula is C20H16N2O3S2. The molecule has 1 aliphatic rings. The van der Waals surface area contributed by atoms with Gasteiger partial charge in [-0.1, -0.05) is 37.3 Å². The van der Waals surface area contributed by atoms with Crippen LogP contribution in [0.1, 0.15) is 33.8 Å². The van der Waals surface area contributed by atoms with Gasteiger partial charge >= 0.3 is 0 Å². The lowest BCUT2D eigenvalue weighted by atomic mass is 9.94. The van der Waals surface area contributed by atoms with Gasteiger partial charge in [0.25, 0.3) is 5.91 Å². The van der Waals surface area contributed by atoms with Crippen molar-refractivity contribution in [3.8, 4) is 0 Å². The Morgan fingerprint density at radius 1 is 1.19 bits per heavy atom. The van der Waals surface area contributed by atoms with Crippen LogP contribution >= 0.6 is 22.7 Å². The van der Waals surface area contributed by atoms with E-state index >= 15 is 0 Å². The molecule has 0 saturated carbocycles. The van der Waals surface area contributed by atoms with Crippen LogP contribution in [0.2, 0.25) is 0 Å². The Kier molecular flexibility index (Phi) is 4.63. The first kappa shape index (κ1) is 17.6. The molecule has 0 spiro atoms. The van der Waals surface area contributed by atoms with E-state index in [1.54, 1.807) is 29.1 Å². The number of benzene rings is 1. The minimum Gasteiger partial charge on any atom is -0.503 e. The number of hydrogen-bond donors (Lipinski definition) is 1. The number of aromatic nitrogens is 1. The predicted molar refractivity (Wildman–Crippen MR) is 106 cm³/mol. The lowest BCUT2D eigenvalue weighted by molar-refractivity contribution is -0.117. The molecule has 4 rings (SSSR count). The Hall–Kier alpha value is -2.77. The second kappa shape index (κ2) is 7.09. The molecule has 0 radical (unpaired) electrons. The van der Waals surface area contributed by atoms with E-state index in [4.69, 9.17) is 0 Å². The molecule has 1 aliphatic heterocycles. The van der Waals surface area contributed by atoms with Crippen LogP contribution in [0.15, 0.2) is 64.7 Å². The fraction of sp³-hybridized carbons (Fsp3) is 0.150. The summed E-state index contributed by atoms with van der Waals surface area (Å²) in [5, 5.41) is 14.6. The Morgan fingerprint density at radius 2 is 1.96 bits per heavy atom. The first-order valence-corrected chi connectivity index (χ1v) is 10.2. The van der Waals surface area contributed by atoms with Crippen LogP contribution in [-0.2, 0) is 11.2 Å². The number of carbonyl (C=O) groups excluding carboxylic acids is 2. The van der Waals surface area contributed by atoms with Gasteiger partial charge in [0, 0.05) is 11.6 Å². The Bertz CT molecular complexity index is 1010. The summed E-state index contributed by atoms with van der Waals surface area (Å²) in [5.41, 5.74) is 2.02. The van der Waals surface area contributed by atoms with Gasteiger partial charge in [-0.3, -0.25) is 14.5 Å². The summed E-state index contributed by atoms with van der Waals surface area (Å²) in [6.07, 6.45) is 2.49. The SMILES string of the molecule is CCc1ccc(C2C(C(=O)c3cccs3)=C(O)C(=O)N2c2nccs2)cc1. The number of Topliss-reactive ketones (excluding diaryl/α,β-unsaturated/α-hetero) is 1. The fourth-order valence-electron chi connectivity index (χ4n) is 3.16. The van der Waals surface area contributed by atoms with Crippen molar-refractivity contribution >= 4 is 39.5 Å². The molecule has 0 aliphatic carbocycles. The van der Waals surface area contributed by atoms with Gasteiger partial charge in [0.2, 0.25) is 5.78 Å². The zero-order valence-corrected chi connectivity index (χ0v) is 16.1. The summed E-state index contributed by atoms with van der Waals surface area (Å²) < 4.78 is 0. The van der Waals surface area contributed by atoms with E-state index < -0.39 is 17.7 Å². The van der Waals surface area contributed by atoms with Gasteiger partial charge in [0.1, 0.15) is 0 Å². The molecule has 7 heteroatoms. The van der Waals surface area contributed by atoms with Crippen LogP contribution < -0.4 is 4.90 Å². The zero-order chi connectivity index (χ0) is 19.0. The summed E-state index contributed by atoms with van der Waals surface area (Å²) in [7, 11) is 0. The van der Waals surface area contributed by atoms with Crippen LogP contribution in [-0.4, -0.2) is 21.8 Å². The molecule has 2 aromatic heterocycles. The van der Waals surface area contributed by atoms with Crippen LogP contribution in [0.3, 0.4) is 0 Å². The van der Waals surface area contributed by atoms with Gasteiger partial charge in [-0.2, -0.15) is 0 Å². The molecule has 5 nitrogen and oxygen atoms in total. The first-order chi connectivity index (χ1) is 13.1. The summed E-state index contributed by atoms with van der Waals surface area (Å²) in [5.74, 6) is -1.44. The Morgan fingerprint density at radius 3 is 2.56 bits per heavy atom. The summed E-state index contributed by atoms with van der Waals surface area (Å²) in [6.45, 7) is 2.06. The molecule has 0 fully saturated rings. The minimum absolute atomic E-state index is 0.0990. The molecule has 3 aromatic rings. The number of amides is 1. The van der Waals surface area contributed by atoms with Crippen LogP contribution in [0.4, 0.5) is 5.13 Å². The smallest absolute Gasteiger partial charge is 0.296 e. The van der Waals surface area contributed by atoms with Crippen molar-refractivity contribution in [1.29, 1.82) is 0 Å². The lowest BCUT2D eigenvalue weighted by Crippen LogP contribution is -2.30. The van der Waals surface area contributed by atoms with Gasteiger partial charge in [-0.05, 0) is 29.0 Å². The van der Waals surface area contributed by atoms with Crippen molar-refractivity contribution in [2.24, 2.45) is 0 Å². The third-order valence-corrected chi connectivity index (χ3v) is 6.17. The van der Waals surface area contributed by atoms with Crippen molar-refractivity contribution in [2.75, 3.05) is 4.90 Å². The molecule has 1 N–H and O–H groups in total. The van der Waals surface area contributed by atoms with Crippen LogP contribution in [0.25, 0.3) is 0 Å². The maximum Gasteiger partial charge on any atom is 0.296 e. The third kappa shape index (κ3) is 2.98. The van der Waals surface area contributed by atoms with E-state index in [1.165, 1.54) is 27.6 Å². The van der Waals surface area contributed by atoms with E-state index in [0.717, 1.165) is 17.5 Å². The van der Waals surface area contributed by atoms with Crippen molar-refractivity contribution in [3.05, 3.63) is 80.7 Å². The van der Waals surface area contributed by atoms with E-state index in [1.807, 2.05) is 24.3 Å². The average molecular weight is 396 g/mol. The standard InChI is InChI=1S/C20H16N2O3S2/c1-2-12-5-7-13(8-6-12)16-15(17(23)14-4-3-10-26-14)18(24)19(25)22(16)20-21-9-11-27-20/h3-11,16,24H,2H2,1H3. The number of thiophene rings is 1. The number of ketones is 1. The number of hydrogen-bond acceptors (Lipinski definition) is 6. The number of aliphatic hydroxyl groups is 1. The van der Waals surface area contributed by atoms with Gasteiger partial charge in [0.15, 0.2) is 10.9 Å². The maximum atomic E-state index is 13.1. The van der Waals surface area contributed by atoms with Crippen LogP contribution in [0, 0.1) is 0 Å². The van der Waals surface area contributed by atoms with Crippen molar-refractivity contribution in [3.63, 3.8) is 0 Å². The van der Waals surface area contributed by atoms with Crippen molar-refractivity contribution in [1.82, 2.24) is 4.98 Å². The molecule has 1 unspecified atom stereocenters. The number of aliphatic hydroxyl groups excluding tert-OH is 1. The molecule has 136 valence electrons. The van der Waals surface area contributed by atoms with Gasteiger partial charge in [-0.25, -0.2) is 4.98 Å². The van der Waals surface area contributed by atoms with E-state index in [-0.39, 0.29) is 11.4 Å². The summed E-state index contributed by atoms with van der Waals surface area (Å²) in [4.78, 5) is 32.0. The summed E-state index contributed by atoms with van der Waals surface area (Å²) in [6, 6.07) is 10.5. The quantitative estimate of drug-likeness (QED) is 0.642. The van der Waals surface area contributed by atoms with Crippen LogP contribution in [0.5, 0.6) is 0 Å². The Labute approximate surface area is 164 Å². The first-order valence-electron chi connectivity index (χ1n) is 8.45. The molecule has 1 aromatic carbocycles. The Balaban J connectivity index is 1.86. The minimum atomic E-state index is -0.704. The molecule has 1 amide bonds. The number of aryl methyl sites for hydroxylation is 1. The predicted octanol–water partition coefficient (Wildman–Crippen LogP) is 4.55. The second-order valence-corrected chi connectivity index (χ2v) is 7.88. The van der Waals surface area contributed by atoms with Crippen molar-refractivity contribution in [2.45, 2.75) is 19.4 Å². The molecule has 1 atom stereocenters. The van der Waals surface area contributed by atoms with E-state index in [2.05, 4.69) is 11.9 Å². The number of nitrogens with zero attached hydrogens (tertiary/aromatic N) is 2. The van der Waals surface area contributed by atoms with Gasteiger partial charge in [-0.15, -0.1) is 22.7 Å². The van der Waals surface area contributed by atoms with E-state index in [0.29, 0.717) is 10.0 Å². The maximum absolute atomic E-state index is 13.1. The monoisotopic (exact) mass is 396 g/mol. The summed E-state index contributed by atoms with van der Waals surface area (Å²) >= 11 is 2.58. The van der Waals surface area contributed by atoms with Crippen molar-refractivity contribution < 1.29 is 14.7 Å². The lowest BCUT2D eigenvalue weighted by Gasteiger charge is -2.24. The number of carbonyl (C=O) groups is 2. The fourth-order valence-corrected chi connectivity index (χ4v) is 4.51.